The molecular formula is C11H21NO2. The Morgan fingerprint density at radius 3 is 2.71 bits per heavy atom. The molecule has 2 rings (SSSR count). The van der Waals surface area contributed by atoms with Crippen molar-refractivity contribution in [2.45, 2.75) is 31.7 Å². The normalized spacial score (nSPS) is 31.1. The minimum Gasteiger partial charge on any atom is -0.395 e. The zero-order valence-electron chi connectivity index (χ0n) is 8.82. The maximum absolute atomic E-state index is 9.20. The van der Waals surface area contributed by atoms with Crippen LogP contribution in [0.2, 0.25) is 0 Å². The van der Waals surface area contributed by atoms with Gasteiger partial charge in [-0.1, -0.05) is 0 Å². The van der Waals surface area contributed by atoms with E-state index in [4.69, 9.17) is 4.74 Å². The first-order valence-electron chi connectivity index (χ1n) is 5.83. The Hall–Kier alpha value is -0.120. The maximum Gasteiger partial charge on any atom is 0.0586 e. The van der Waals surface area contributed by atoms with E-state index in [1.807, 2.05) is 0 Å². The van der Waals surface area contributed by atoms with Gasteiger partial charge in [-0.2, -0.15) is 0 Å². The number of ether oxygens (including phenoxy) is 1. The van der Waals surface area contributed by atoms with Crippen molar-refractivity contribution >= 4 is 0 Å². The number of rotatable bonds is 3. The molecule has 0 amide bonds. The van der Waals surface area contributed by atoms with Crippen LogP contribution < -0.4 is 0 Å². The van der Waals surface area contributed by atoms with E-state index in [0.29, 0.717) is 12.6 Å². The van der Waals surface area contributed by atoms with Gasteiger partial charge in [-0.05, 0) is 38.1 Å². The average molecular weight is 199 g/mol. The Kier molecular flexibility index (Phi) is 3.79. The number of nitrogens with zero attached hydrogens (tertiary/aromatic N) is 1. The summed E-state index contributed by atoms with van der Waals surface area (Å²) in [6, 6.07) is 0.442. The molecule has 0 aromatic carbocycles. The zero-order chi connectivity index (χ0) is 9.80. The molecule has 3 heteroatoms. The molecule has 0 radical (unpaired) electrons. The molecule has 0 aromatic rings. The maximum atomic E-state index is 9.20. The second-order valence-corrected chi connectivity index (χ2v) is 4.53. The molecule has 0 aromatic heterocycles. The number of aliphatic hydroxyl groups excluding tert-OH is 1. The van der Waals surface area contributed by atoms with E-state index in [1.165, 1.54) is 38.8 Å². The highest BCUT2D eigenvalue weighted by Gasteiger charge is 2.26. The topological polar surface area (TPSA) is 32.7 Å². The van der Waals surface area contributed by atoms with Crippen LogP contribution >= 0.6 is 0 Å². The van der Waals surface area contributed by atoms with Gasteiger partial charge in [0, 0.05) is 25.8 Å². The molecule has 1 atom stereocenters. The summed E-state index contributed by atoms with van der Waals surface area (Å²) in [5.41, 5.74) is 0. The van der Waals surface area contributed by atoms with Gasteiger partial charge < -0.3 is 9.84 Å². The molecule has 2 aliphatic heterocycles. The predicted molar refractivity (Wildman–Crippen MR) is 55.2 cm³/mol. The SMILES string of the molecule is OC[C@@H]1CCCN1CC1CCOCC1. The molecule has 0 saturated carbocycles. The second kappa shape index (κ2) is 5.10. The quantitative estimate of drug-likeness (QED) is 0.732. The van der Waals surface area contributed by atoms with Crippen molar-refractivity contribution in [1.29, 1.82) is 0 Å². The minimum absolute atomic E-state index is 0.337. The Bertz CT molecular complexity index is 169. The van der Waals surface area contributed by atoms with Crippen LogP contribution in [0.15, 0.2) is 0 Å². The molecule has 2 aliphatic rings. The van der Waals surface area contributed by atoms with Crippen molar-refractivity contribution < 1.29 is 9.84 Å². The Balaban J connectivity index is 1.77. The summed E-state index contributed by atoms with van der Waals surface area (Å²) in [4.78, 5) is 2.47. The Morgan fingerprint density at radius 1 is 1.21 bits per heavy atom. The lowest BCUT2D eigenvalue weighted by molar-refractivity contribution is 0.0460. The van der Waals surface area contributed by atoms with E-state index in [9.17, 15) is 5.11 Å². The van der Waals surface area contributed by atoms with Crippen LogP contribution in [-0.2, 0) is 4.74 Å². The van der Waals surface area contributed by atoms with Crippen LogP contribution in [0.5, 0.6) is 0 Å². The first-order chi connectivity index (χ1) is 6.90. The largest absolute Gasteiger partial charge is 0.395 e. The molecule has 2 heterocycles. The van der Waals surface area contributed by atoms with Gasteiger partial charge in [0.15, 0.2) is 0 Å². The van der Waals surface area contributed by atoms with Crippen LogP contribution in [0.4, 0.5) is 0 Å². The molecule has 1 N–H and O–H groups in total. The highest BCUT2D eigenvalue weighted by Crippen LogP contribution is 2.22. The molecule has 0 aliphatic carbocycles. The summed E-state index contributed by atoms with van der Waals surface area (Å²) in [6.45, 7) is 4.56. The van der Waals surface area contributed by atoms with E-state index >= 15 is 0 Å². The van der Waals surface area contributed by atoms with Gasteiger partial charge in [0.25, 0.3) is 0 Å². The van der Waals surface area contributed by atoms with Crippen LogP contribution in [0.25, 0.3) is 0 Å². The number of aliphatic hydroxyl groups is 1. The molecule has 14 heavy (non-hydrogen) atoms. The number of hydrogen-bond donors (Lipinski definition) is 1. The highest BCUT2D eigenvalue weighted by atomic mass is 16.5. The molecule has 0 bridgehead atoms. The minimum atomic E-state index is 0.337. The lowest BCUT2D eigenvalue weighted by atomic mass is 9.99. The third-order valence-corrected chi connectivity index (χ3v) is 3.54. The van der Waals surface area contributed by atoms with Crippen molar-refractivity contribution in [3.8, 4) is 0 Å². The van der Waals surface area contributed by atoms with E-state index in [1.54, 1.807) is 0 Å². The van der Waals surface area contributed by atoms with Crippen molar-refractivity contribution in [1.82, 2.24) is 4.90 Å². The van der Waals surface area contributed by atoms with Crippen molar-refractivity contribution in [2.75, 3.05) is 32.9 Å². The fourth-order valence-electron chi connectivity index (χ4n) is 2.60. The lowest BCUT2D eigenvalue weighted by Crippen LogP contribution is -2.37. The van der Waals surface area contributed by atoms with Gasteiger partial charge in [0.05, 0.1) is 6.61 Å². The summed E-state index contributed by atoms with van der Waals surface area (Å²) in [5.74, 6) is 0.802. The molecule has 82 valence electrons. The fraction of sp³-hybridized carbons (Fsp3) is 1.00. The second-order valence-electron chi connectivity index (χ2n) is 4.53. The van der Waals surface area contributed by atoms with Crippen molar-refractivity contribution in [3.05, 3.63) is 0 Å². The summed E-state index contributed by atoms with van der Waals surface area (Å²) >= 11 is 0. The zero-order valence-corrected chi connectivity index (χ0v) is 8.82. The lowest BCUT2D eigenvalue weighted by Gasteiger charge is -2.30. The number of likely N-dealkylation sites (tertiary alicyclic amines) is 1. The van der Waals surface area contributed by atoms with E-state index in [0.717, 1.165) is 19.1 Å². The number of hydrogen-bond acceptors (Lipinski definition) is 3. The average Bonchev–Trinajstić information content (AvgIpc) is 2.67. The monoisotopic (exact) mass is 199 g/mol. The molecular weight excluding hydrogens is 178 g/mol. The summed E-state index contributed by atoms with van der Waals surface area (Å²) in [5, 5.41) is 9.20. The molecule has 3 nitrogen and oxygen atoms in total. The predicted octanol–water partition coefficient (Wildman–Crippen LogP) is 0.870. The van der Waals surface area contributed by atoms with E-state index in [-0.39, 0.29) is 0 Å². The summed E-state index contributed by atoms with van der Waals surface area (Å²) < 4.78 is 5.35. The van der Waals surface area contributed by atoms with E-state index < -0.39 is 0 Å². The Labute approximate surface area is 86.0 Å². The van der Waals surface area contributed by atoms with Crippen LogP contribution in [-0.4, -0.2) is 49.0 Å². The summed E-state index contributed by atoms with van der Waals surface area (Å²) in [7, 11) is 0. The standard InChI is InChI=1S/C11H21NO2/c13-9-11-2-1-5-12(11)8-10-3-6-14-7-4-10/h10-11,13H,1-9H2/t11-/m0/s1. The Morgan fingerprint density at radius 2 is 2.00 bits per heavy atom. The first kappa shape index (κ1) is 10.4. The van der Waals surface area contributed by atoms with Crippen LogP contribution in [0, 0.1) is 5.92 Å². The summed E-state index contributed by atoms with van der Waals surface area (Å²) in [6.07, 6.45) is 4.84. The smallest absolute Gasteiger partial charge is 0.0586 e. The van der Waals surface area contributed by atoms with Gasteiger partial charge in [-0.25, -0.2) is 0 Å². The van der Waals surface area contributed by atoms with Gasteiger partial charge in [0.2, 0.25) is 0 Å². The third-order valence-electron chi connectivity index (χ3n) is 3.54. The molecule has 0 unspecified atom stereocenters. The molecule has 2 fully saturated rings. The van der Waals surface area contributed by atoms with Crippen molar-refractivity contribution in [3.63, 3.8) is 0 Å². The van der Waals surface area contributed by atoms with Gasteiger partial charge in [-0.15, -0.1) is 0 Å². The van der Waals surface area contributed by atoms with E-state index in [2.05, 4.69) is 4.90 Å². The first-order valence-corrected chi connectivity index (χ1v) is 5.83. The van der Waals surface area contributed by atoms with Crippen LogP contribution in [0.3, 0.4) is 0 Å². The highest BCUT2D eigenvalue weighted by molar-refractivity contribution is 4.80. The van der Waals surface area contributed by atoms with Crippen molar-refractivity contribution in [2.24, 2.45) is 5.92 Å². The van der Waals surface area contributed by atoms with Crippen LogP contribution in [0.1, 0.15) is 25.7 Å². The third kappa shape index (κ3) is 2.47. The van der Waals surface area contributed by atoms with Gasteiger partial charge in [0.1, 0.15) is 0 Å². The van der Waals surface area contributed by atoms with Gasteiger partial charge in [-0.3, -0.25) is 4.90 Å². The van der Waals surface area contributed by atoms with Gasteiger partial charge >= 0.3 is 0 Å². The fourth-order valence-corrected chi connectivity index (χ4v) is 2.60. The molecule has 2 saturated heterocycles. The molecule has 0 spiro atoms.